The van der Waals surface area contributed by atoms with Gasteiger partial charge in [0.25, 0.3) is 0 Å². The highest BCUT2D eigenvalue weighted by Crippen LogP contribution is 2.27. The number of aromatic nitrogens is 1. The van der Waals surface area contributed by atoms with Crippen LogP contribution in [-0.2, 0) is 7.05 Å². The Kier molecular flexibility index (Phi) is 6.15. The van der Waals surface area contributed by atoms with Gasteiger partial charge in [0.05, 0.1) is 17.2 Å². The SMILES string of the molecule is C=C(/C=C\C(C)=C\c1ccc(-c2cccs2)n1C)c1ccc(OCC)cc1. The molecule has 0 aliphatic carbocycles. The maximum atomic E-state index is 5.49. The van der Waals surface area contributed by atoms with E-state index in [0.29, 0.717) is 6.61 Å². The van der Waals surface area contributed by atoms with Crippen LogP contribution in [0.3, 0.4) is 0 Å². The molecule has 0 fully saturated rings. The Morgan fingerprint density at radius 3 is 2.56 bits per heavy atom. The van der Waals surface area contributed by atoms with Crippen LogP contribution in [0.1, 0.15) is 25.1 Å². The molecular formula is C24H25NOS. The van der Waals surface area contributed by atoms with E-state index in [1.165, 1.54) is 21.8 Å². The summed E-state index contributed by atoms with van der Waals surface area (Å²) in [5.74, 6) is 0.888. The van der Waals surface area contributed by atoms with Crippen LogP contribution in [0.15, 0.2) is 78.2 Å². The molecule has 2 nitrogen and oxygen atoms in total. The lowest BCUT2D eigenvalue weighted by Gasteiger charge is -2.05. The van der Waals surface area contributed by atoms with E-state index >= 15 is 0 Å². The van der Waals surface area contributed by atoms with Gasteiger partial charge in [-0.1, -0.05) is 36.9 Å². The third kappa shape index (κ3) is 4.69. The van der Waals surface area contributed by atoms with Gasteiger partial charge in [-0.25, -0.2) is 0 Å². The molecule has 0 spiro atoms. The molecular weight excluding hydrogens is 350 g/mol. The molecule has 3 rings (SSSR count). The fourth-order valence-electron chi connectivity index (χ4n) is 2.89. The molecule has 0 aliphatic heterocycles. The predicted octanol–water partition coefficient (Wildman–Crippen LogP) is 6.83. The summed E-state index contributed by atoms with van der Waals surface area (Å²) in [4.78, 5) is 1.29. The van der Waals surface area contributed by atoms with E-state index in [0.717, 1.165) is 16.9 Å². The first kappa shape index (κ1) is 19.0. The summed E-state index contributed by atoms with van der Waals surface area (Å²) in [6.07, 6.45) is 6.36. The summed E-state index contributed by atoms with van der Waals surface area (Å²) >= 11 is 1.76. The topological polar surface area (TPSA) is 14.2 Å². The number of hydrogen-bond donors (Lipinski definition) is 0. The second-order valence-corrected chi connectivity index (χ2v) is 7.33. The van der Waals surface area contributed by atoms with Crippen molar-refractivity contribution >= 4 is 23.0 Å². The highest BCUT2D eigenvalue weighted by molar-refractivity contribution is 7.13. The fourth-order valence-corrected chi connectivity index (χ4v) is 3.67. The molecule has 0 radical (unpaired) electrons. The van der Waals surface area contributed by atoms with E-state index in [4.69, 9.17) is 4.74 Å². The second kappa shape index (κ2) is 8.74. The van der Waals surface area contributed by atoms with Crippen molar-refractivity contribution in [2.45, 2.75) is 13.8 Å². The van der Waals surface area contributed by atoms with Gasteiger partial charge in [0.15, 0.2) is 0 Å². The minimum absolute atomic E-state index is 0.678. The van der Waals surface area contributed by atoms with E-state index in [2.05, 4.69) is 73.0 Å². The third-order valence-corrected chi connectivity index (χ3v) is 5.29. The molecule has 0 bridgehead atoms. The van der Waals surface area contributed by atoms with Crippen molar-refractivity contribution < 1.29 is 4.74 Å². The van der Waals surface area contributed by atoms with Crippen LogP contribution in [0.4, 0.5) is 0 Å². The maximum absolute atomic E-state index is 5.49. The van der Waals surface area contributed by atoms with Crippen LogP contribution in [0, 0.1) is 0 Å². The largest absolute Gasteiger partial charge is 0.494 e. The van der Waals surface area contributed by atoms with Gasteiger partial charge in [0.2, 0.25) is 0 Å². The molecule has 0 atom stereocenters. The van der Waals surface area contributed by atoms with Crippen molar-refractivity contribution in [2.24, 2.45) is 7.05 Å². The maximum Gasteiger partial charge on any atom is 0.119 e. The van der Waals surface area contributed by atoms with Crippen LogP contribution in [-0.4, -0.2) is 11.2 Å². The second-order valence-electron chi connectivity index (χ2n) is 6.38. The molecule has 138 valence electrons. The van der Waals surface area contributed by atoms with Crippen molar-refractivity contribution in [2.75, 3.05) is 6.61 Å². The smallest absolute Gasteiger partial charge is 0.119 e. The Bertz CT molecular complexity index is 956. The zero-order valence-electron chi connectivity index (χ0n) is 16.1. The number of nitrogens with zero attached hydrogens (tertiary/aromatic N) is 1. The molecule has 1 aromatic carbocycles. The Morgan fingerprint density at radius 2 is 1.89 bits per heavy atom. The predicted molar refractivity (Wildman–Crippen MR) is 118 cm³/mol. The van der Waals surface area contributed by atoms with Gasteiger partial charge in [-0.05, 0) is 72.3 Å². The molecule has 0 aliphatic rings. The van der Waals surface area contributed by atoms with Gasteiger partial charge < -0.3 is 9.30 Å². The van der Waals surface area contributed by atoms with E-state index in [1.54, 1.807) is 11.3 Å². The van der Waals surface area contributed by atoms with Gasteiger partial charge in [0, 0.05) is 12.7 Å². The van der Waals surface area contributed by atoms with Gasteiger partial charge in [0.1, 0.15) is 5.75 Å². The van der Waals surface area contributed by atoms with Crippen molar-refractivity contribution in [1.29, 1.82) is 0 Å². The summed E-state index contributed by atoms with van der Waals surface area (Å²) in [6, 6.07) is 16.6. The third-order valence-electron chi connectivity index (χ3n) is 4.39. The minimum Gasteiger partial charge on any atom is -0.494 e. The van der Waals surface area contributed by atoms with E-state index in [9.17, 15) is 0 Å². The van der Waals surface area contributed by atoms with Crippen LogP contribution < -0.4 is 4.74 Å². The average Bonchev–Trinajstić information content (AvgIpc) is 3.31. The van der Waals surface area contributed by atoms with Gasteiger partial charge >= 0.3 is 0 Å². The quantitative estimate of drug-likeness (QED) is 0.413. The number of allylic oxidation sites excluding steroid dienone is 4. The molecule has 0 unspecified atom stereocenters. The molecule has 0 saturated heterocycles. The molecule has 0 amide bonds. The van der Waals surface area contributed by atoms with Gasteiger partial charge in [-0.15, -0.1) is 11.3 Å². The van der Waals surface area contributed by atoms with Gasteiger partial charge in [-0.3, -0.25) is 0 Å². The number of benzene rings is 1. The molecule has 3 heteroatoms. The summed E-state index contributed by atoms with van der Waals surface area (Å²) < 4.78 is 7.71. The molecule has 2 aromatic heterocycles. The van der Waals surface area contributed by atoms with Gasteiger partial charge in [-0.2, -0.15) is 0 Å². The minimum atomic E-state index is 0.678. The fraction of sp³-hybridized carbons (Fsp3) is 0.167. The first-order valence-corrected chi connectivity index (χ1v) is 9.94. The highest BCUT2D eigenvalue weighted by atomic mass is 32.1. The lowest BCUT2D eigenvalue weighted by molar-refractivity contribution is 0.340. The average molecular weight is 376 g/mol. The Hall–Kier alpha value is -2.78. The number of hydrogen-bond acceptors (Lipinski definition) is 2. The van der Waals surface area contributed by atoms with Crippen LogP contribution in [0.2, 0.25) is 0 Å². The van der Waals surface area contributed by atoms with Crippen LogP contribution >= 0.6 is 11.3 Å². The van der Waals surface area contributed by atoms with E-state index in [1.807, 2.05) is 31.2 Å². The van der Waals surface area contributed by atoms with Crippen molar-refractivity contribution in [3.8, 4) is 16.3 Å². The zero-order valence-corrected chi connectivity index (χ0v) is 16.9. The molecule has 0 N–H and O–H groups in total. The van der Waals surface area contributed by atoms with E-state index in [-0.39, 0.29) is 0 Å². The number of ether oxygens (including phenoxy) is 1. The first-order valence-electron chi connectivity index (χ1n) is 9.06. The van der Waals surface area contributed by atoms with Crippen molar-refractivity contribution in [3.63, 3.8) is 0 Å². The Balaban J connectivity index is 1.71. The summed E-state index contributed by atoms with van der Waals surface area (Å²) in [5.41, 5.74) is 5.69. The summed E-state index contributed by atoms with van der Waals surface area (Å²) in [5, 5.41) is 2.11. The highest BCUT2D eigenvalue weighted by Gasteiger charge is 2.06. The molecule has 3 aromatic rings. The monoisotopic (exact) mass is 375 g/mol. The zero-order chi connectivity index (χ0) is 19.2. The summed E-state index contributed by atoms with van der Waals surface area (Å²) in [7, 11) is 2.11. The lowest BCUT2D eigenvalue weighted by Crippen LogP contribution is -1.93. The molecule has 27 heavy (non-hydrogen) atoms. The summed E-state index contributed by atoms with van der Waals surface area (Å²) in [6.45, 7) is 8.95. The standard InChI is InChI=1S/C24H25NOS/c1-5-26-22-13-10-20(11-14-22)19(3)9-8-18(2)17-21-12-15-23(25(21)4)24-7-6-16-27-24/h6-17H,3,5H2,1-2,4H3/b9-8-,18-17+. The number of rotatable bonds is 7. The van der Waals surface area contributed by atoms with Crippen LogP contribution in [0.25, 0.3) is 22.2 Å². The number of thiophene rings is 1. The Morgan fingerprint density at radius 1 is 1.11 bits per heavy atom. The molecule has 0 saturated carbocycles. The van der Waals surface area contributed by atoms with Crippen LogP contribution in [0.5, 0.6) is 5.75 Å². The lowest BCUT2D eigenvalue weighted by atomic mass is 10.1. The van der Waals surface area contributed by atoms with Crippen molar-refractivity contribution in [3.05, 3.63) is 89.5 Å². The van der Waals surface area contributed by atoms with E-state index < -0.39 is 0 Å². The first-order chi connectivity index (χ1) is 13.1. The Labute approximate surface area is 165 Å². The van der Waals surface area contributed by atoms with Crippen molar-refractivity contribution in [1.82, 2.24) is 4.57 Å². The molecule has 2 heterocycles. The normalized spacial score (nSPS) is 11.9.